The molecule has 1 saturated heterocycles. The minimum absolute atomic E-state index is 0.327. The van der Waals surface area contributed by atoms with Crippen molar-refractivity contribution < 1.29 is 24.4 Å². The van der Waals surface area contributed by atoms with Crippen molar-refractivity contribution in [2.75, 3.05) is 0 Å². The summed E-state index contributed by atoms with van der Waals surface area (Å²) < 4.78 is 17.3. The summed E-state index contributed by atoms with van der Waals surface area (Å²) in [7, 11) is 0. The van der Waals surface area contributed by atoms with Crippen LogP contribution in [0.1, 0.15) is 18.1 Å². The van der Waals surface area contributed by atoms with E-state index in [-0.39, 0.29) is 0 Å². The highest BCUT2D eigenvalue weighted by molar-refractivity contribution is 5.14. The van der Waals surface area contributed by atoms with Gasteiger partial charge in [0.15, 0.2) is 6.29 Å². The van der Waals surface area contributed by atoms with Crippen LogP contribution in [0.4, 0.5) is 0 Å². The molecule has 0 aromatic heterocycles. The second-order valence-corrected chi connectivity index (χ2v) is 6.24. The number of aliphatic hydroxyl groups is 2. The van der Waals surface area contributed by atoms with Crippen molar-refractivity contribution in [3.63, 3.8) is 0 Å². The zero-order valence-corrected chi connectivity index (χ0v) is 14.2. The van der Waals surface area contributed by atoms with Gasteiger partial charge in [-0.25, -0.2) is 0 Å². The van der Waals surface area contributed by atoms with Gasteiger partial charge in [-0.3, -0.25) is 0 Å². The highest BCUT2D eigenvalue weighted by atomic mass is 16.7. The molecule has 25 heavy (non-hydrogen) atoms. The van der Waals surface area contributed by atoms with Gasteiger partial charge in [-0.2, -0.15) is 0 Å². The first kappa shape index (κ1) is 18.0. The summed E-state index contributed by atoms with van der Waals surface area (Å²) >= 11 is 0. The van der Waals surface area contributed by atoms with Crippen LogP contribution in [0.25, 0.3) is 0 Å². The fourth-order valence-electron chi connectivity index (χ4n) is 2.96. The van der Waals surface area contributed by atoms with E-state index >= 15 is 0 Å². The molecule has 0 radical (unpaired) electrons. The Morgan fingerprint density at radius 3 is 1.80 bits per heavy atom. The maximum absolute atomic E-state index is 10.3. The van der Waals surface area contributed by atoms with E-state index in [9.17, 15) is 10.2 Å². The molecule has 0 unspecified atom stereocenters. The molecule has 1 aliphatic heterocycles. The summed E-state index contributed by atoms with van der Waals surface area (Å²) in [5.41, 5.74) is 2.02. The highest BCUT2D eigenvalue weighted by Crippen LogP contribution is 2.26. The summed E-state index contributed by atoms with van der Waals surface area (Å²) in [5, 5.41) is 20.2. The summed E-state index contributed by atoms with van der Waals surface area (Å²) in [6.07, 6.45) is -4.01. The third-order valence-electron chi connectivity index (χ3n) is 4.34. The Balaban J connectivity index is 1.67. The van der Waals surface area contributed by atoms with Crippen molar-refractivity contribution in [3.8, 4) is 0 Å². The number of rotatable bonds is 6. The molecule has 0 saturated carbocycles. The van der Waals surface area contributed by atoms with Crippen LogP contribution < -0.4 is 0 Å². The Bertz CT molecular complexity index is 633. The van der Waals surface area contributed by atoms with Gasteiger partial charge < -0.3 is 24.4 Å². The summed E-state index contributed by atoms with van der Waals surface area (Å²) in [6.45, 7) is 2.52. The molecule has 5 heteroatoms. The minimum Gasteiger partial charge on any atom is -0.385 e. The third kappa shape index (κ3) is 4.66. The third-order valence-corrected chi connectivity index (χ3v) is 4.34. The first-order valence-electron chi connectivity index (χ1n) is 8.48. The van der Waals surface area contributed by atoms with E-state index in [0.717, 1.165) is 11.1 Å². The Morgan fingerprint density at radius 1 is 0.800 bits per heavy atom. The molecular weight excluding hydrogens is 320 g/mol. The Labute approximate surface area is 147 Å². The molecule has 0 spiro atoms. The lowest BCUT2D eigenvalue weighted by Gasteiger charge is -2.41. The van der Waals surface area contributed by atoms with Crippen LogP contribution >= 0.6 is 0 Å². The van der Waals surface area contributed by atoms with E-state index in [0.29, 0.717) is 13.2 Å². The van der Waals surface area contributed by atoms with Crippen molar-refractivity contribution in [1.29, 1.82) is 0 Å². The molecule has 1 heterocycles. The number of ether oxygens (including phenoxy) is 3. The Kier molecular flexibility index (Phi) is 6.18. The largest absolute Gasteiger partial charge is 0.385 e. The van der Waals surface area contributed by atoms with Gasteiger partial charge in [-0.15, -0.1) is 0 Å². The molecule has 2 aromatic rings. The molecule has 0 bridgehead atoms. The lowest BCUT2D eigenvalue weighted by molar-refractivity contribution is -0.297. The summed E-state index contributed by atoms with van der Waals surface area (Å²) in [5.74, 6) is 0. The van der Waals surface area contributed by atoms with E-state index in [4.69, 9.17) is 14.2 Å². The molecule has 5 nitrogen and oxygen atoms in total. The number of aliphatic hydroxyl groups excluding tert-OH is 2. The molecule has 134 valence electrons. The van der Waals surface area contributed by atoms with Crippen LogP contribution in [0.3, 0.4) is 0 Å². The number of hydrogen-bond acceptors (Lipinski definition) is 5. The average Bonchev–Trinajstić information content (AvgIpc) is 2.64. The first-order chi connectivity index (χ1) is 12.1. The van der Waals surface area contributed by atoms with Crippen molar-refractivity contribution >= 4 is 0 Å². The number of benzene rings is 2. The van der Waals surface area contributed by atoms with Gasteiger partial charge in [0.25, 0.3) is 0 Å². The second kappa shape index (κ2) is 8.56. The molecule has 3 rings (SSSR count). The van der Waals surface area contributed by atoms with Gasteiger partial charge in [0, 0.05) is 0 Å². The van der Waals surface area contributed by atoms with Gasteiger partial charge in [-0.1, -0.05) is 60.7 Å². The van der Waals surface area contributed by atoms with E-state index in [1.807, 2.05) is 67.6 Å². The van der Waals surface area contributed by atoms with Gasteiger partial charge in [-0.05, 0) is 18.1 Å². The van der Waals surface area contributed by atoms with Crippen LogP contribution in [0.15, 0.2) is 60.7 Å². The van der Waals surface area contributed by atoms with Gasteiger partial charge in [0.1, 0.15) is 18.3 Å². The molecule has 5 atom stereocenters. The van der Waals surface area contributed by atoms with E-state index in [1.54, 1.807) is 0 Å². The molecule has 0 aliphatic carbocycles. The van der Waals surface area contributed by atoms with Crippen LogP contribution in [0.2, 0.25) is 0 Å². The smallest absolute Gasteiger partial charge is 0.183 e. The monoisotopic (exact) mass is 344 g/mol. The lowest BCUT2D eigenvalue weighted by atomic mass is 9.99. The summed E-state index contributed by atoms with van der Waals surface area (Å²) in [6, 6.07) is 19.5. The fourth-order valence-corrected chi connectivity index (χ4v) is 2.96. The van der Waals surface area contributed by atoms with Crippen molar-refractivity contribution in [2.24, 2.45) is 0 Å². The van der Waals surface area contributed by atoms with Gasteiger partial charge >= 0.3 is 0 Å². The van der Waals surface area contributed by atoms with Crippen LogP contribution in [0.5, 0.6) is 0 Å². The fraction of sp³-hybridized carbons (Fsp3) is 0.400. The highest BCUT2D eigenvalue weighted by Gasteiger charge is 2.44. The van der Waals surface area contributed by atoms with E-state index < -0.39 is 30.7 Å². The molecule has 0 amide bonds. The summed E-state index contributed by atoms with van der Waals surface area (Å²) in [4.78, 5) is 0. The minimum atomic E-state index is -1.28. The van der Waals surface area contributed by atoms with Crippen molar-refractivity contribution in [2.45, 2.75) is 50.8 Å². The quantitative estimate of drug-likeness (QED) is 0.841. The lowest BCUT2D eigenvalue weighted by Crippen LogP contribution is -2.58. The van der Waals surface area contributed by atoms with Gasteiger partial charge in [0.05, 0.1) is 19.3 Å². The van der Waals surface area contributed by atoms with Gasteiger partial charge in [0.2, 0.25) is 0 Å². The topological polar surface area (TPSA) is 68.2 Å². The van der Waals surface area contributed by atoms with Crippen LogP contribution in [-0.4, -0.2) is 40.9 Å². The first-order valence-corrected chi connectivity index (χ1v) is 8.48. The zero-order valence-electron chi connectivity index (χ0n) is 14.2. The predicted octanol–water partition coefficient (Wildman–Crippen LogP) is 2.26. The van der Waals surface area contributed by atoms with Crippen molar-refractivity contribution in [1.82, 2.24) is 0 Å². The maximum Gasteiger partial charge on any atom is 0.183 e. The molecule has 1 fully saturated rings. The SMILES string of the molecule is C[C@@H]1O[C@H](O)[C@@H](O)[C@H](OCc2ccccc2)[C@@H]1OCc1ccccc1. The van der Waals surface area contributed by atoms with Crippen molar-refractivity contribution in [3.05, 3.63) is 71.8 Å². The van der Waals surface area contributed by atoms with E-state index in [1.165, 1.54) is 0 Å². The number of hydrogen-bond donors (Lipinski definition) is 2. The van der Waals surface area contributed by atoms with E-state index in [2.05, 4.69) is 0 Å². The van der Waals surface area contributed by atoms with Crippen LogP contribution in [0, 0.1) is 0 Å². The van der Waals surface area contributed by atoms with Crippen LogP contribution in [-0.2, 0) is 27.4 Å². The average molecular weight is 344 g/mol. The normalized spacial score (nSPS) is 29.5. The molecule has 2 N–H and O–H groups in total. The predicted molar refractivity (Wildman–Crippen MR) is 92.6 cm³/mol. The molecular formula is C20H24O5. The standard InChI is InChI=1S/C20H24O5/c1-14-18(23-12-15-8-4-2-5-9-15)19(17(21)20(22)25-14)24-13-16-10-6-3-7-11-16/h2-11,14,17-22H,12-13H2,1H3/t14-,17-,18+,19-,20-/m0/s1. The Morgan fingerprint density at radius 2 is 1.28 bits per heavy atom. The second-order valence-electron chi connectivity index (χ2n) is 6.24. The maximum atomic E-state index is 10.3. The Hall–Kier alpha value is -1.76. The molecule has 1 aliphatic rings. The molecule has 2 aromatic carbocycles. The zero-order chi connectivity index (χ0) is 17.6.